The minimum atomic E-state index is -0.212. The van der Waals surface area contributed by atoms with Gasteiger partial charge >= 0.3 is 0 Å². The lowest BCUT2D eigenvalue weighted by Crippen LogP contribution is -2.16. The third-order valence-corrected chi connectivity index (χ3v) is 2.76. The minimum absolute atomic E-state index is 0.212. The summed E-state index contributed by atoms with van der Waals surface area (Å²) in [4.78, 5) is 11.9. The second-order valence-electron chi connectivity index (χ2n) is 3.93. The number of nitrogen functional groups attached to an aromatic ring is 1. The van der Waals surface area contributed by atoms with Gasteiger partial charge in [0, 0.05) is 0 Å². The van der Waals surface area contributed by atoms with E-state index < -0.39 is 0 Å². The Kier molecular flexibility index (Phi) is 3.41. The van der Waals surface area contributed by atoms with Gasteiger partial charge in [0.2, 0.25) is 0 Å². The Balaban J connectivity index is 2.40. The highest BCUT2D eigenvalue weighted by molar-refractivity contribution is 5.45. The summed E-state index contributed by atoms with van der Waals surface area (Å²) in [5.41, 5.74) is 7.31. The average Bonchev–Trinajstić information content (AvgIpc) is 2.68. The van der Waals surface area contributed by atoms with E-state index >= 15 is 0 Å². The fraction of sp³-hybridized carbons (Fsp3) is 0.308. The molecule has 0 saturated heterocycles. The van der Waals surface area contributed by atoms with Crippen LogP contribution < -0.4 is 16.0 Å². The highest BCUT2D eigenvalue weighted by Crippen LogP contribution is 2.15. The van der Waals surface area contributed by atoms with Crippen LogP contribution in [0.25, 0.3) is 5.69 Å². The lowest BCUT2D eigenvalue weighted by molar-refractivity contribution is 0.340. The van der Waals surface area contributed by atoms with Crippen LogP contribution in [0.1, 0.15) is 19.5 Å². The van der Waals surface area contributed by atoms with Crippen LogP contribution in [0.15, 0.2) is 29.1 Å². The summed E-state index contributed by atoms with van der Waals surface area (Å²) in [7, 11) is 0. The van der Waals surface area contributed by atoms with Crippen LogP contribution in [-0.4, -0.2) is 16.4 Å². The van der Waals surface area contributed by atoms with Gasteiger partial charge in [-0.2, -0.15) is 0 Å². The Hall–Kier alpha value is -2.17. The first-order chi connectivity index (χ1) is 8.67. The molecule has 0 aliphatic rings. The number of nitrogens with zero attached hydrogens (tertiary/aromatic N) is 1. The van der Waals surface area contributed by atoms with Crippen molar-refractivity contribution >= 4 is 5.69 Å². The molecule has 5 nitrogen and oxygen atoms in total. The first-order valence-electron chi connectivity index (χ1n) is 6.00. The number of H-pyrrole nitrogens is 1. The Morgan fingerprint density at radius 3 is 2.44 bits per heavy atom. The molecule has 3 N–H and O–H groups in total. The normalized spacial score (nSPS) is 10.6. The molecule has 0 bridgehead atoms. The van der Waals surface area contributed by atoms with Gasteiger partial charge in [0.1, 0.15) is 11.4 Å². The second kappa shape index (κ2) is 5.00. The first-order valence-corrected chi connectivity index (χ1v) is 6.00. The van der Waals surface area contributed by atoms with Crippen molar-refractivity contribution < 1.29 is 4.74 Å². The van der Waals surface area contributed by atoms with Crippen LogP contribution in [0.2, 0.25) is 0 Å². The van der Waals surface area contributed by atoms with Gasteiger partial charge in [0.05, 0.1) is 18.0 Å². The van der Waals surface area contributed by atoms with E-state index in [1.165, 1.54) is 4.68 Å². The van der Waals surface area contributed by atoms with Crippen molar-refractivity contribution in [3.63, 3.8) is 0 Å². The number of hydrogen-bond donors (Lipinski definition) is 2. The zero-order valence-corrected chi connectivity index (χ0v) is 10.6. The molecule has 0 atom stereocenters. The van der Waals surface area contributed by atoms with E-state index in [1.807, 2.05) is 38.1 Å². The van der Waals surface area contributed by atoms with Crippen LogP contribution in [0.5, 0.6) is 5.75 Å². The molecule has 2 aromatic rings. The summed E-state index contributed by atoms with van der Waals surface area (Å²) in [6.45, 7) is 4.50. The number of nitrogens with one attached hydrogen (secondary N) is 1. The van der Waals surface area contributed by atoms with Gasteiger partial charge in [-0.3, -0.25) is 9.89 Å². The minimum Gasteiger partial charge on any atom is -0.494 e. The zero-order valence-electron chi connectivity index (χ0n) is 10.6. The predicted molar refractivity (Wildman–Crippen MR) is 71.3 cm³/mol. The molecule has 0 amide bonds. The van der Waals surface area contributed by atoms with E-state index in [4.69, 9.17) is 10.5 Å². The number of ether oxygens (including phenoxy) is 1. The fourth-order valence-corrected chi connectivity index (χ4v) is 1.80. The van der Waals surface area contributed by atoms with Crippen molar-refractivity contribution in [1.82, 2.24) is 9.78 Å². The van der Waals surface area contributed by atoms with Crippen LogP contribution in [0.4, 0.5) is 5.69 Å². The number of hydrogen-bond acceptors (Lipinski definition) is 3. The molecule has 0 aliphatic heterocycles. The number of aromatic amines is 1. The van der Waals surface area contributed by atoms with Gasteiger partial charge in [-0.1, -0.05) is 6.92 Å². The van der Waals surface area contributed by atoms with Crippen molar-refractivity contribution in [2.45, 2.75) is 20.3 Å². The highest BCUT2D eigenvalue weighted by Gasteiger charge is 2.10. The summed E-state index contributed by atoms with van der Waals surface area (Å²) in [6.07, 6.45) is 0.700. The zero-order chi connectivity index (χ0) is 13.1. The van der Waals surface area contributed by atoms with Crippen LogP contribution >= 0.6 is 0 Å². The van der Waals surface area contributed by atoms with Crippen molar-refractivity contribution in [2.24, 2.45) is 0 Å². The van der Waals surface area contributed by atoms with Gasteiger partial charge in [0.15, 0.2) is 0 Å². The van der Waals surface area contributed by atoms with Gasteiger partial charge < -0.3 is 10.5 Å². The maximum absolute atomic E-state index is 11.9. The monoisotopic (exact) mass is 247 g/mol. The number of anilines is 1. The Morgan fingerprint density at radius 1 is 1.28 bits per heavy atom. The van der Waals surface area contributed by atoms with Crippen molar-refractivity contribution in [3.8, 4) is 11.4 Å². The van der Waals surface area contributed by atoms with E-state index in [0.717, 1.165) is 17.1 Å². The molecule has 2 rings (SSSR count). The van der Waals surface area contributed by atoms with Crippen LogP contribution in [0, 0.1) is 0 Å². The molecular weight excluding hydrogens is 230 g/mol. The maximum Gasteiger partial charge on any atom is 0.294 e. The fourth-order valence-electron chi connectivity index (χ4n) is 1.80. The molecule has 0 spiro atoms. The molecule has 1 heterocycles. The third kappa shape index (κ3) is 2.11. The summed E-state index contributed by atoms with van der Waals surface area (Å²) < 4.78 is 6.80. The molecular formula is C13H17N3O2. The summed E-state index contributed by atoms with van der Waals surface area (Å²) in [5.74, 6) is 0.782. The number of nitrogens with two attached hydrogens (primary N) is 1. The maximum atomic E-state index is 11.9. The average molecular weight is 247 g/mol. The smallest absolute Gasteiger partial charge is 0.294 e. The molecule has 0 fully saturated rings. The van der Waals surface area contributed by atoms with E-state index in [9.17, 15) is 4.79 Å². The second-order valence-corrected chi connectivity index (χ2v) is 3.93. The lowest BCUT2D eigenvalue weighted by Gasteiger charge is -2.05. The Morgan fingerprint density at radius 2 is 1.94 bits per heavy atom. The molecule has 5 heteroatoms. The number of aromatic nitrogens is 2. The van der Waals surface area contributed by atoms with Crippen molar-refractivity contribution in [2.75, 3.05) is 12.3 Å². The van der Waals surface area contributed by atoms with Gasteiger partial charge in [-0.25, -0.2) is 4.68 Å². The number of rotatable bonds is 4. The topological polar surface area (TPSA) is 73.0 Å². The highest BCUT2D eigenvalue weighted by atomic mass is 16.5. The number of aryl methyl sites for hydroxylation is 1. The molecule has 18 heavy (non-hydrogen) atoms. The van der Waals surface area contributed by atoms with Gasteiger partial charge in [0.25, 0.3) is 5.56 Å². The molecule has 0 unspecified atom stereocenters. The molecule has 0 radical (unpaired) electrons. The Bertz CT molecular complexity index is 581. The Labute approximate surface area is 105 Å². The van der Waals surface area contributed by atoms with E-state index in [0.29, 0.717) is 13.0 Å². The summed E-state index contributed by atoms with van der Waals surface area (Å²) >= 11 is 0. The predicted octanol–water partition coefficient (Wildman–Crippen LogP) is 1.71. The molecule has 1 aromatic carbocycles. The van der Waals surface area contributed by atoms with Crippen molar-refractivity contribution in [3.05, 3.63) is 40.3 Å². The molecule has 0 saturated carbocycles. The largest absolute Gasteiger partial charge is 0.494 e. The lowest BCUT2D eigenvalue weighted by atomic mass is 10.3. The van der Waals surface area contributed by atoms with Crippen LogP contribution in [-0.2, 0) is 6.42 Å². The first kappa shape index (κ1) is 12.3. The summed E-state index contributed by atoms with van der Waals surface area (Å²) in [6, 6.07) is 7.30. The standard InChI is InChI=1S/C13H17N3O2/c1-3-11-12(14)13(17)16(15-11)9-5-7-10(8-6-9)18-4-2/h5-8,15H,3-4,14H2,1-2H3. The van der Waals surface area contributed by atoms with Crippen molar-refractivity contribution in [1.29, 1.82) is 0 Å². The quantitative estimate of drug-likeness (QED) is 0.863. The third-order valence-electron chi connectivity index (χ3n) is 2.76. The summed E-state index contributed by atoms with van der Waals surface area (Å²) in [5, 5.41) is 3.01. The van der Waals surface area contributed by atoms with Gasteiger partial charge in [-0.05, 0) is 37.6 Å². The SMILES string of the molecule is CCOc1ccc(-n2[nH]c(CC)c(N)c2=O)cc1. The van der Waals surface area contributed by atoms with Crippen LogP contribution in [0.3, 0.4) is 0 Å². The van der Waals surface area contributed by atoms with E-state index in [2.05, 4.69) is 5.10 Å². The van der Waals surface area contributed by atoms with Gasteiger partial charge in [-0.15, -0.1) is 0 Å². The molecule has 96 valence electrons. The van der Waals surface area contributed by atoms with E-state index in [-0.39, 0.29) is 11.2 Å². The molecule has 1 aromatic heterocycles. The van der Waals surface area contributed by atoms with E-state index in [1.54, 1.807) is 0 Å². The molecule has 0 aliphatic carbocycles. The number of benzene rings is 1.